The van der Waals surface area contributed by atoms with E-state index in [-0.39, 0.29) is 11.8 Å². The SMILES string of the molecule is CC[C@@H](C)NC(=O)NC(=O)COC(=O)CSc1c(C)nn(-c2ccccc2)c1C. The molecule has 1 aromatic heterocycles. The molecule has 0 bridgehead atoms. The predicted molar refractivity (Wildman–Crippen MR) is 111 cm³/mol. The van der Waals surface area contributed by atoms with Gasteiger partial charge in [-0.1, -0.05) is 25.1 Å². The summed E-state index contributed by atoms with van der Waals surface area (Å²) in [5.74, 6) is -1.18. The molecule has 2 N–H and O–H groups in total. The molecule has 156 valence electrons. The first-order chi connectivity index (χ1) is 13.8. The van der Waals surface area contributed by atoms with Gasteiger partial charge in [0.1, 0.15) is 0 Å². The lowest BCUT2D eigenvalue weighted by Crippen LogP contribution is -2.44. The molecular formula is C20H26N4O4S. The van der Waals surface area contributed by atoms with Crippen molar-refractivity contribution in [3.05, 3.63) is 41.7 Å². The van der Waals surface area contributed by atoms with Crippen LogP contribution >= 0.6 is 11.8 Å². The van der Waals surface area contributed by atoms with E-state index in [1.165, 1.54) is 11.8 Å². The van der Waals surface area contributed by atoms with Crippen LogP contribution in [-0.2, 0) is 14.3 Å². The van der Waals surface area contributed by atoms with Crippen LogP contribution in [-0.4, -0.2) is 46.1 Å². The third-order valence-electron chi connectivity index (χ3n) is 4.17. The van der Waals surface area contributed by atoms with Crippen LogP contribution in [0.4, 0.5) is 4.79 Å². The number of aromatic nitrogens is 2. The fraction of sp³-hybridized carbons (Fsp3) is 0.400. The average molecular weight is 419 g/mol. The van der Waals surface area contributed by atoms with Gasteiger partial charge in [-0.15, -0.1) is 11.8 Å². The Morgan fingerprint density at radius 2 is 1.90 bits per heavy atom. The molecule has 0 spiro atoms. The van der Waals surface area contributed by atoms with E-state index in [0.717, 1.165) is 28.4 Å². The average Bonchev–Trinajstić information content (AvgIpc) is 2.98. The van der Waals surface area contributed by atoms with Gasteiger partial charge in [-0.3, -0.25) is 14.9 Å². The zero-order valence-electron chi connectivity index (χ0n) is 17.0. The van der Waals surface area contributed by atoms with Crippen molar-refractivity contribution in [2.75, 3.05) is 12.4 Å². The quantitative estimate of drug-likeness (QED) is 0.505. The maximum absolute atomic E-state index is 12.0. The van der Waals surface area contributed by atoms with Crippen molar-refractivity contribution in [1.82, 2.24) is 20.4 Å². The fourth-order valence-corrected chi connectivity index (χ4v) is 3.39. The Kier molecular flexibility index (Phi) is 8.26. The molecule has 1 heterocycles. The molecule has 8 nitrogen and oxygen atoms in total. The number of rotatable bonds is 8. The summed E-state index contributed by atoms with van der Waals surface area (Å²) in [6, 6.07) is 9.06. The van der Waals surface area contributed by atoms with E-state index < -0.39 is 24.5 Å². The Labute approximate surface area is 174 Å². The largest absolute Gasteiger partial charge is 0.455 e. The van der Waals surface area contributed by atoms with Gasteiger partial charge < -0.3 is 10.1 Å². The molecule has 1 atom stereocenters. The minimum absolute atomic E-state index is 0.0362. The lowest BCUT2D eigenvalue weighted by atomic mass is 10.3. The van der Waals surface area contributed by atoms with Gasteiger partial charge >= 0.3 is 12.0 Å². The van der Waals surface area contributed by atoms with Crippen molar-refractivity contribution >= 4 is 29.7 Å². The zero-order chi connectivity index (χ0) is 21.4. The van der Waals surface area contributed by atoms with Gasteiger partial charge in [0.15, 0.2) is 6.61 Å². The minimum Gasteiger partial charge on any atom is -0.455 e. The van der Waals surface area contributed by atoms with E-state index in [9.17, 15) is 14.4 Å². The number of carbonyl (C=O) groups is 3. The number of esters is 1. The van der Waals surface area contributed by atoms with Crippen molar-refractivity contribution in [2.45, 2.75) is 45.1 Å². The van der Waals surface area contributed by atoms with E-state index in [4.69, 9.17) is 4.74 Å². The molecule has 29 heavy (non-hydrogen) atoms. The fourth-order valence-electron chi connectivity index (χ4n) is 2.50. The van der Waals surface area contributed by atoms with Gasteiger partial charge in [-0.25, -0.2) is 9.48 Å². The number of nitrogens with zero attached hydrogens (tertiary/aromatic N) is 2. The van der Waals surface area contributed by atoms with Crippen LogP contribution < -0.4 is 10.6 Å². The first kappa shape index (κ1) is 22.5. The molecule has 0 saturated carbocycles. The van der Waals surface area contributed by atoms with Gasteiger partial charge in [0.25, 0.3) is 5.91 Å². The molecular weight excluding hydrogens is 392 g/mol. The number of urea groups is 1. The lowest BCUT2D eigenvalue weighted by Gasteiger charge is -2.11. The Balaban J connectivity index is 1.83. The molecule has 9 heteroatoms. The number of hydrogen-bond donors (Lipinski definition) is 2. The smallest absolute Gasteiger partial charge is 0.321 e. The number of hydrogen-bond acceptors (Lipinski definition) is 6. The molecule has 0 aliphatic carbocycles. The Morgan fingerprint density at radius 3 is 2.55 bits per heavy atom. The maximum atomic E-state index is 12.0. The van der Waals surface area contributed by atoms with Crippen molar-refractivity contribution < 1.29 is 19.1 Å². The van der Waals surface area contributed by atoms with Gasteiger partial charge in [0.05, 0.1) is 27.7 Å². The summed E-state index contributed by atoms with van der Waals surface area (Å²) in [6.45, 7) is 7.05. The molecule has 2 aromatic rings. The minimum atomic E-state index is -0.673. The number of ether oxygens (including phenoxy) is 1. The Morgan fingerprint density at radius 1 is 1.21 bits per heavy atom. The van der Waals surface area contributed by atoms with E-state index >= 15 is 0 Å². The van der Waals surface area contributed by atoms with E-state index in [1.807, 2.05) is 62.7 Å². The summed E-state index contributed by atoms with van der Waals surface area (Å²) in [7, 11) is 0. The summed E-state index contributed by atoms with van der Waals surface area (Å²) in [5.41, 5.74) is 2.67. The second-order valence-electron chi connectivity index (χ2n) is 6.53. The summed E-state index contributed by atoms with van der Waals surface area (Å²) < 4.78 is 6.78. The van der Waals surface area contributed by atoms with Crippen LogP contribution in [0, 0.1) is 13.8 Å². The van der Waals surface area contributed by atoms with Crippen molar-refractivity contribution in [3.8, 4) is 5.69 Å². The third kappa shape index (κ3) is 6.63. The Hall–Kier alpha value is -2.81. The summed E-state index contributed by atoms with van der Waals surface area (Å²) in [4.78, 5) is 36.1. The molecule has 0 radical (unpaired) electrons. The number of thioether (sulfide) groups is 1. The zero-order valence-corrected chi connectivity index (χ0v) is 17.8. The molecule has 0 fully saturated rings. The monoisotopic (exact) mass is 418 g/mol. The molecule has 2 rings (SSSR count). The van der Waals surface area contributed by atoms with Crippen LogP contribution in [0.5, 0.6) is 0 Å². The van der Waals surface area contributed by atoms with Crippen LogP contribution in [0.1, 0.15) is 31.7 Å². The highest BCUT2D eigenvalue weighted by atomic mass is 32.2. The van der Waals surface area contributed by atoms with Crippen LogP contribution in [0.3, 0.4) is 0 Å². The number of nitrogens with one attached hydrogen (secondary N) is 2. The first-order valence-electron chi connectivity index (χ1n) is 9.32. The number of benzene rings is 1. The topological polar surface area (TPSA) is 102 Å². The van der Waals surface area contributed by atoms with Crippen molar-refractivity contribution in [1.29, 1.82) is 0 Å². The highest BCUT2D eigenvalue weighted by Crippen LogP contribution is 2.27. The molecule has 0 saturated heterocycles. The summed E-state index contributed by atoms with van der Waals surface area (Å²) >= 11 is 1.31. The van der Waals surface area contributed by atoms with Crippen LogP contribution in [0.2, 0.25) is 0 Å². The lowest BCUT2D eigenvalue weighted by molar-refractivity contribution is -0.145. The molecule has 0 aliphatic rings. The van der Waals surface area contributed by atoms with Gasteiger partial charge in [0.2, 0.25) is 0 Å². The van der Waals surface area contributed by atoms with E-state index in [2.05, 4.69) is 15.7 Å². The van der Waals surface area contributed by atoms with E-state index in [1.54, 1.807) is 0 Å². The van der Waals surface area contributed by atoms with Gasteiger partial charge in [-0.2, -0.15) is 5.10 Å². The summed E-state index contributed by atoms with van der Waals surface area (Å²) in [6.07, 6.45) is 0.744. The first-order valence-corrected chi connectivity index (χ1v) is 10.3. The highest BCUT2D eigenvalue weighted by Gasteiger charge is 2.16. The molecule has 1 aromatic carbocycles. The second-order valence-corrected chi connectivity index (χ2v) is 7.51. The van der Waals surface area contributed by atoms with Crippen LogP contribution in [0.25, 0.3) is 5.69 Å². The molecule has 0 aliphatic heterocycles. The summed E-state index contributed by atoms with van der Waals surface area (Å²) in [5, 5.41) is 9.26. The molecule has 0 unspecified atom stereocenters. The highest BCUT2D eigenvalue weighted by molar-refractivity contribution is 8.00. The van der Waals surface area contributed by atoms with Crippen molar-refractivity contribution in [3.63, 3.8) is 0 Å². The van der Waals surface area contributed by atoms with Crippen LogP contribution in [0.15, 0.2) is 35.2 Å². The van der Waals surface area contributed by atoms with Crippen molar-refractivity contribution in [2.24, 2.45) is 0 Å². The Bertz CT molecular complexity index is 867. The standard InChI is InChI=1S/C20H26N4O4S/c1-5-13(2)21-20(27)22-17(25)11-28-18(26)12-29-19-14(3)23-24(15(19)4)16-9-7-6-8-10-16/h6-10,13H,5,11-12H2,1-4H3,(H2,21,22,25,27)/t13-/m1/s1. The number of aryl methyl sites for hydroxylation is 1. The van der Waals surface area contributed by atoms with E-state index in [0.29, 0.717) is 0 Å². The predicted octanol–water partition coefficient (Wildman–Crippen LogP) is 2.75. The molecule has 3 amide bonds. The van der Waals surface area contributed by atoms with Gasteiger partial charge in [-0.05, 0) is 39.3 Å². The number of carbonyl (C=O) groups excluding carboxylic acids is 3. The maximum Gasteiger partial charge on any atom is 0.321 e. The number of imide groups is 1. The second kappa shape index (κ2) is 10.7. The number of amides is 3. The third-order valence-corrected chi connectivity index (χ3v) is 5.43. The number of para-hydroxylation sites is 1. The normalized spacial score (nSPS) is 11.6. The van der Waals surface area contributed by atoms with Gasteiger partial charge in [0, 0.05) is 6.04 Å².